The van der Waals surface area contributed by atoms with Crippen LogP contribution in [0.5, 0.6) is 0 Å². The van der Waals surface area contributed by atoms with Gasteiger partial charge in [-0.3, -0.25) is 4.79 Å². The summed E-state index contributed by atoms with van der Waals surface area (Å²) in [5.41, 5.74) is 0. The molecule has 0 bridgehead atoms. The minimum atomic E-state index is 0.162. The first kappa shape index (κ1) is 16.3. The van der Waals surface area contributed by atoms with Crippen molar-refractivity contribution in [3.63, 3.8) is 0 Å². The summed E-state index contributed by atoms with van der Waals surface area (Å²) in [7, 11) is 0. The molecule has 1 aliphatic carbocycles. The third-order valence-electron chi connectivity index (χ3n) is 4.39. The van der Waals surface area contributed by atoms with Crippen LogP contribution in [0, 0.1) is 0 Å². The van der Waals surface area contributed by atoms with Gasteiger partial charge in [0.1, 0.15) is 13.1 Å². The van der Waals surface area contributed by atoms with Gasteiger partial charge in [-0.25, -0.2) is 0 Å². The Morgan fingerprint density at radius 1 is 1.22 bits per heavy atom. The summed E-state index contributed by atoms with van der Waals surface area (Å²) in [6.45, 7) is 2.09. The molecule has 2 aromatic heterocycles. The number of rotatable bonds is 7. The number of hydrogen-bond donors (Lipinski definition) is 2. The van der Waals surface area contributed by atoms with Crippen LogP contribution >= 0.6 is 11.3 Å². The number of amides is 1. The highest BCUT2D eigenvalue weighted by atomic mass is 32.1. The van der Waals surface area contributed by atoms with Crippen LogP contribution in [0.25, 0.3) is 0 Å². The van der Waals surface area contributed by atoms with E-state index >= 15 is 0 Å². The summed E-state index contributed by atoms with van der Waals surface area (Å²) in [5, 5.41) is 5.31. The van der Waals surface area contributed by atoms with Gasteiger partial charge >= 0.3 is 0 Å². The number of quaternary nitrogens is 1. The van der Waals surface area contributed by atoms with E-state index in [1.54, 1.807) is 17.6 Å². The van der Waals surface area contributed by atoms with Gasteiger partial charge < -0.3 is 14.6 Å². The molecule has 5 heteroatoms. The molecule has 0 aliphatic heterocycles. The number of carbonyl (C=O) groups is 1. The van der Waals surface area contributed by atoms with Crippen LogP contribution in [0.4, 0.5) is 0 Å². The molecule has 1 unspecified atom stereocenters. The molecule has 1 fully saturated rings. The van der Waals surface area contributed by atoms with E-state index in [9.17, 15) is 4.79 Å². The second-order valence-corrected chi connectivity index (χ2v) is 7.37. The normalized spacial score (nSPS) is 17.0. The van der Waals surface area contributed by atoms with Crippen LogP contribution in [-0.2, 0) is 17.9 Å². The fourth-order valence-electron chi connectivity index (χ4n) is 3.26. The average molecular weight is 333 g/mol. The van der Waals surface area contributed by atoms with Gasteiger partial charge in [0.2, 0.25) is 0 Å². The minimum Gasteiger partial charge on any atom is -0.463 e. The molecule has 23 heavy (non-hydrogen) atoms. The predicted molar refractivity (Wildman–Crippen MR) is 91.3 cm³/mol. The Kier molecular flexibility index (Phi) is 5.88. The van der Waals surface area contributed by atoms with E-state index in [0.717, 1.165) is 31.7 Å². The van der Waals surface area contributed by atoms with Crippen LogP contribution in [0.15, 0.2) is 40.3 Å². The molecule has 1 amide bonds. The number of hydrogen-bond acceptors (Lipinski definition) is 3. The molecule has 2 heterocycles. The molecular weight excluding hydrogens is 308 g/mol. The lowest BCUT2D eigenvalue weighted by atomic mass is 9.95. The topological polar surface area (TPSA) is 46.7 Å². The summed E-state index contributed by atoms with van der Waals surface area (Å²) >= 11 is 1.74. The zero-order valence-electron chi connectivity index (χ0n) is 13.4. The number of carbonyl (C=O) groups excluding carboxylic acids is 1. The Balaban J connectivity index is 1.56. The Hall–Kier alpha value is -1.59. The van der Waals surface area contributed by atoms with Crippen molar-refractivity contribution < 1.29 is 14.1 Å². The van der Waals surface area contributed by atoms with Crippen molar-refractivity contribution in [1.29, 1.82) is 0 Å². The predicted octanol–water partition coefficient (Wildman–Crippen LogP) is 2.38. The molecule has 1 atom stereocenters. The van der Waals surface area contributed by atoms with Crippen LogP contribution in [0.3, 0.4) is 0 Å². The highest BCUT2D eigenvalue weighted by Gasteiger charge is 2.21. The SMILES string of the molecule is O=C(C[NH+](Cc1ccco1)Cc1cccs1)NC1CCCCC1. The summed E-state index contributed by atoms with van der Waals surface area (Å²) in [6, 6.07) is 8.45. The van der Waals surface area contributed by atoms with Crippen molar-refractivity contribution in [2.45, 2.75) is 51.2 Å². The maximum Gasteiger partial charge on any atom is 0.275 e. The number of thiophene rings is 1. The third-order valence-corrected chi connectivity index (χ3v) is 5.27. The zero-order valence-corrected chi connectivity index (χ0v) is 14.2. The van der Waals surface area contributed by atoms with Crippen LogP contribution in [0.2, 0.25) is 0 Å². The average Bonchev–Trinajstić information content (AvgIpc) is 3.22. The lowest BCUT2D eigenvalue weighted by Crippen LogP contribution is -3.10. The lowest BCUT2D eigenvalue weighted by Gasteiger charge is -2.24. The Bertz CT molecular complexity index is 538. The first-order chi connectivity index (χ1) is 11.3. The van der Waals surface area contributed by atoms with Crippen molar-refractivity contribution in [3.05, 3.63) is 46.5 Å². The van der Waals surface area contributed by atoms with E-state index in [-0.39, 0.29) is 5.91 Å². The van der Waals surface area contributed by atoms with Crippen molar-refractivity contribution in [1.82, 2.24) is 5.32 Å². The monoisotopic (exact) mass is 333 g/mol. The van der Waals surface area contributed by atoms with Gasteiger partial charge in [0.05, 0.1) is 11.1 Å². The summed E-state index contributed by atoms with van der Waals surface area (Å²) in [5.74, 6) is 1.09. The summed E-state index contributed by atoms with van der Waals surface area (Å²) < 4.78 is 5.47. The van der Waals surface area contributed by atoms with Gasteiger partial charge in [0.25, 0.3) is 5.91 Å². The van der Waals surface area contributed by atoms with E-state index in [2.05, 4.69) is 22.8 Å². The van der Waals surface area contributed by atoms with Crippen molar-refractivity contribution in [2.24, 2.45) is 0 Å². The van der Waals surface area contributed by atoms with E-state index in [0.29, 0.717) is 12.6 Å². The van der Waals surface area contributed by atoms with Crippen LogP contribution < -0.4 is 10.2 Å². The van der Waals surface area contributed by atoms with E-state index in [1.807, 2.05) is 12.1 Å². The maximum absolute atomic E-state index is 12.4. The zero-order chi connectivity index (χ0) is 15.9. The first-order valence-electron chi connectivity index (χ1n) is 8.47. The molecule has 0 aromatic carbocycles. The van der Waals surface area contributed by atoms with Crippen LogP contribution in [-0.4, -0.2) is 18.5 Å². The van der Waals surface area contributed by atoms with E-state index in [1.165, 1.54) is 29.0 Å². The standard InChI is InChI=1S/C18H24N2O2S/c21-18(19-15-6-2-1-3-7-15)14-20(12-16-8-4-10-22-16)13-17-9-5-11-23-17/h4-5,8-11,15H,1-3,6-7,12-14H2,(H,19,21)/p+1. The van der Waals surface area contributed by atoms with Gasteiger partial charge in [0.15, 0.2) is 12.3 Å². The highest BCUT2D eigenvalue weighted by molar-refractivity contribution is 7.09. The van der Waals surface area contributed by atoms with E-state index < -0.39 is 0 Å². The molecule has 124 valence electrons. The fraction of sp³-hybridized carbons (Fsp3) is 0.500. The maximum atomic E-state index is 12.4. The molecule has 2 aromatic rings. The summed E-state index contributed by atoms with van der Waals surface area (Å²) in [4.78, 5) is 14.9. The molecule has 0 radical (unpaired) electrons. The molecule has 2 N–H and O–H groups in total. The largest absolute Gasteiger partial charge is 0.463 e. The number of nitrogens with one attached hydrogen (secondary N) is 2. The van der Waals surface area contributed by atoms with Gasteiger partial charge in [-0.2, -0.15) is 0 Å². The molecule has 0 saturated heterocycles. The van der Waals surface area contributed by atoms with Gasteiger partial charge in [0, 0.05) is 6.04 Å². The van der Waals surface area contributed by atoms with E-state index in [4.69, 9.17) is 4.42 Å². The fourth-order valence-corrected chi connectivity index (χ4v) is 4.04. The van der Waals surface area contributed by atoms with Crippen molar-refractivity contribution >= 4 is 17.2 Å². The third kappa shape index (κ3) is 5.22. The highest BCUT2D eigenvalue weighted by Crippen LogP contribution is 2.17. The molecule has 3 rings (SSSR count). The molecular formula is C18H25N2O2S+. The molecule has 4 nitrogen and oxygen atoms in total. The Morgan fingerprint density at radius 3 is 2.78 bits per heavy atom. The van der Waals surface area contributed by atoms with Crippen molar-refractivity contribution in [3.8, 4) is 0 Å². The Labute approximate surface area is 141 Å². The Morgan fingerprint density at radius 2 is 2.09 bits per heavy atom. The van der Waals surface area contributed by atoms with Gasteiger partial charge in [-0.05, 0) is 36.4 Å². The smallest absolute Gasteiger partial charge is 0.275 e. The molecule has 1 aliphatic rings. The lowest BCUT2D eigenvalue weighted by molar-refractivity contribution is -0.920. The van der Waals surface area contributed by atoms with Gasteiger partial charge in [-0.15, -0.1) is 11.3 Å². The van der Waals surface area contributed by atoms with Crippen molar-refractivity contribution in [2.75, 3.05) is 6.54 Å². The van der Waals surface area contributed by atoms with Crippen LogP contribution in [0.1, 0.15) is 42.7 Å². The first-order valence-corrected chi connectivity index (χ1v) is 9.35. The second-order valence-electron chi connectivity index (χ2n) is 6.34. The second kappa shape index (κ2) is 8.31. The quantitative estimate of drug-likeness (QED) is 0.817. The number of furan rings is 1. The van der Waals surface area contributed by atoms with Gasteiger partial charge in [-0.1, -0.05) is 25.3 Å². The molecule has 0 spiro atoms. The minimum absolute atomic E-state index is 0.162. The molecule has 1 saturated carbocycles. The summed E-state index contributed by atoms with van der Waals surface area (Å²) in [6.07, 6.45) is 7.74.